The Kier molecular flexibility index (Phi) is 9.72. The van der Waals surface area contributed by atoms with Crippen LogP contribution in [0.15, 0.2) is 111 Å². The first-order valence-corrected chi connectivity index (χ1v) is 19.4. The first kappa shape index (κ1) is 39.5. The molecule has 3 aliphatic rings. The molecule has 3 aromatic heterocycles. The van der Waals surface area contributed by atoms with E-state index in [9.17, 15) is 19.2 Å². The predicted molar refractivity (Wildman–Crippen MR) is 220 cm³/mol. The summed E-state index contributed by atoms with van der Waals surface area (Å²) in [6.45, 7) is 8.30. The molecule has 0 amide bonds. The molecule has 0 saturated heterocycles. The highest BCUT2D eigenvalue weighted by molar-refractivity contribution is 6.07. The van der Waals surface area contributed by atoms with Gasteiger partial charge in [0.2, 0.25) is 0 Å². The van der Waals surface area contributed by atoms with Crippen molar-refractivity contribution < 1.29 is 41.7 Å². The van der Waals surface area contributed by atoms with E-state index in [1.165, 1.54) is 58.8 Å². The molecular weight excluding hydrogens is 757 g/mol. The number of ketones is 1. The van der Waals surface area contributed by atoms with Crippen LogP contribution in [0.4, 0.5) is 0 Å². The predicted octanol–water partition coefficient (Wildman–Crippen LogP) is 8.38. The summed E-state index contributed by atoms with van der Waals surface area (Å²) < 4.78 is 49.2. The number of hydrogen-bond acceptors (Lipinski definition) is 12. The Morgan fingerprint density at radius 2 is 1.25 bits per heavy atom. The fourth-order valence-electron chi connectivity index (χ4n) is 10.8. The molecule has 3 heterocycles. The zero-order valence-corrected chi connectivity index (χ0v) is 34.5. The van der Waals surface area contributed by atoms with Crippen molar-refractivity contribution in [1.82, 2.24) is 0 Å². The lowest BCUT2D eigenvalue weighted by atomic mass is 9.40. The molecule has 12 nitrogen and oxygen atoms in total. The van der Waals surface area contributed by atoms with Gasteiger partial charge in [-0.1, -0.05) is 30.2 Å². The van der Waals surface area contributed by atoms with Crippen molar-refractivity contribution in [3.8, 4) is 23.0 Å². The van der Waals surface area contributed by atoms with Crippen LogP contribution in [0.1, 0.15) is 79.6 Å². The molecule has 1 fully saturated rings. The molecule has 306 valence electrons. The average Bonchev–Trinajstić information content (AvgIpc) is 3.20. The van der Waals surface area contributed by atoms with E-state index in [0.717, 1.165) is 11.1 Å². The first-order valence-electron chi connectivity index (χ1n) is 19.4. The van der Waals surface area contributed by atoms with Crippen LogP contribution >= 0.6 is 0 Å². The maximum atomic E-state index is 14.1. The summed E-state index contributed by atoms with van der Waals surface area (Å²) in [4.78, 5) is 54.3. The Morgan fingerprint density at radius 1 is 0.712 bits per heavy atom. The number of benzene rings is 2. The molecule has 8 rings (SSSR count). The van der Waals surface area contributed by atoms with Gasteiger partial charge in [-0.25, -0.2) is 14.4 Å². The van der Waals surface area contributed by atoms with Crippen molar-refractivity contribution in [1.29, 1.82) is 0 Å². The van der Waals surface area contributed by atoms with Gasteiger partial charge in [-0.05, 0) is 69.1 Å². The number of hydrogen-bond donors (Lipinski definition) is 0. The second-order valence-corrected chi connectivity index (χ2v) is 16.3. The average molecular weight is 803 g/mol. The summed E-state index contributed by atoms with van der Waals surface area (Å²) in [7, 11) is 7.63. The number of carbonyl (C=O) groups is 1. The van der Waals surface area contributed by atoms with Gasteiger partial charge in [0, 0.05) is 59.4 Å². The van der Waals surface area contributed by atoms with Crippen molar-refractivity contribution in [2.75, 3.05) is 35.5 Å². The second kappa shape index (κ2) is 14.5. The molecule has 3 aliphatic carbocycles. The fraction of sp³-hybridized carbons (Fsp3) is 0.362. The highest BCUT2D eigenvalue weighted by Gasteiger charge is 2.68. The Hall–Kier alpha value is -6.30. The fourth-order valence-corrected chi connectivity index (χ4v) is 10.8. The van der Waals surface area contributed by atoms with Gasteiger partial charge in [0.15, 0.2) is 5.78 Å². The first-order chi connectivity index (χ1) is 28.2. The van der Waals surface area contributed by atoms with Gasteiger partial charge in [-0.15, -0.1) is 0 Å². The number of allylic oxidation sites excluding steroid dienone is 6. The number of fused-ring (bicyclic) bond motifs is 5. The van der Waals surface area contributed by atoms with Crippen LogP contribution in [0.5, 0.6) is 23.0 Å². The molecule has 0 aliphatic heterocycles. The molecule has 5 aromatic rings. The molecule has 1 spiro atoms. The number of carbonyl (C=O) groups excluding carboxylic acids is 1. The van der Waals surface area contributed by atoms with Crippen LogP contribution in [0.3, 0.4) is 0 Å². The lowest BCUT2D eigenvalue weighted by Gasteiger charge is -2.62. The van der Waals surface area contributed by atoms with Crippen LogP contribution in [-0.2, 0) is 10.2 Å². The molecule has 59 heavy (non-hydrogen) atoms. The van der Waals surface area contributed by atoms with Crippen molar-refractivity contribution in [2.24, 2.45) is 17.3 Å². The molecular formula is C47H46O12. The molecule has 2 aromatic carbocycles. The summed E-state index contributed by atoms with van der Waals surface area (Å²) >= 11 is 0. The minimum atomic E-state index is -1.46. The van der Waals surface area contributed by atoms with Gasteiger partial charge in [0.25, 0.3) is 0 Å². The van der Waals surface area contributed by atoms with Gasteiger partial charge in [0.1, 0.15) is 51.1 Å². The summed E-state index contributed by atoms with van der Waals surface area (Å²) in [6, 6.07) is 12.3. The molecule has 1 saturated carbocycles. The molecule has 6 atom stereocenters. The SMILES string of the molecule is COC1=CC(=O)c2ccc(=O)oc2[C@@]12[C@H](C=C(C)C)C[C@]1(C)CC(C)=C[C@H](c3c(OC)cc(OC)c4ccc(=O)oc34)[C@H]1[C@@H]2c1c(OC)cc(OC)c2ccc(=O)oc12. The Bertz CT molecular complexity index is 2830. The number of rotatable bonds is 8. The Morgan fingerprint density at radius 3 is 1.81 bits per heavy atom. The quantitative estimate of drug-likeness (QED) is 0.109. The maximum Gasteiger partial charge on any atom is 0.336 e. The molecule has 0 unspecified atom stereocenters. The highest BCUT2D eigenvalue weighted by atomic mass is 16.5. The summed E-state index contributed by atoms with van der Waals surface area (Å²) in [5, 5.41) is 1.05. The van der Waals surface area contributed by atoms with E-state index in [4.69, 9.17) is 36.9 Å². The number of ether oxygens (including phenoxy) is 5. The zero-order valence-electron chi connectivity index (χ0n) is 34.5. The van der Waals surface area contributed by atoms with E-state index >= 15 is 0 Å². The third-order valence-corrected chi connectivity index (χ3v) is 12.6. The topological polar surface area (TPSA) is 154 Å². The molecule has 12 heteroatoms. The van der Waals surface area contributed by atoms with Crippen LogP contribution in [0.25, 0.3) is 21.9 Å². The van der Waals surface area contributed by atoms with Gasteiger partial charge < -0.3 is 36.9 Å². The standard InChI is InChI=1S/C47H46O12/c1-23(2)16-25-22-46(4)21-24(3)17-29(39-33(54-7)19-31(52-5)27-11-14-36(49)57-43(27)39)41(46)42(40-34(55-8)20-32(53-6)28-12-15-37(50)58-44(28)40)47(25)35(56-9)18-30(48)26-10-13-38(51)59-45(26)47/h10-20,25,29,41-42H,21-22H2,1-9H3/t25-,29-,41+,42+,46+,47+/m1/s1. The van der Waals surface area contributed by atoms with E-state index in [0.29, 0.717) is 57.7 Å². The Balaban J connectivity index is 1.64. The molecule has 0 bridgehead atoms. The summed E-state index contributed by atoms with van der Waals surface area (Å²) in [5.74, 6) is -0.975. The van der Waals surface area contributed by atoms with Crippen LogP contribution in [-0.4, -0.2) is 41.3 Å². The third-order valence-electron chi connectivity index (χ3n) is 12.6. The molecule has 0 radical (unpaired) electrons. The maximum absolute atomic E-state index is 14.1. The Labute approximate surface area is 339 Å². The van der Waals surface area contributed by atoms with Crippen molar-refractivity contribution in [3.63, 3.8) is 0 Å². The van der Waals surface area contributed by atoms with E-state index in [1.807, 2.05) is 13.8 Å². The normalized spacial score (nSPS) is 24.8. The van der Waals surface area contributed by atoms with Crippen LogP contribution < -0.4 is 35.8 Å². The minimum Gasteiger partial charge on any atom is -0.500 e. The van der Waals surface area contributed by atoms with Crippen molar-refractivity contribution >= 4 is 27.7 Å². The summed E-state index contributed by atoms with van der Waals surface area (Å²) in [6.07, 6.45) is 6.92. The monoisotopic (exact) mass is 802 g/mol. The minimum absolute atomic E-state index is 0.122. The third kappa shape index (κ3) is 5.93. The largest absolute Gasteiger partial charge is 0.500 e. The van der Waals surface area contributed by atoms with Gasteiger partial charge in [0.05, 0.1) is 51.9 Å². The number of methoxy groups -OCH3 is 5. The van der Waals surface area contributed by atoms with E-state index in [1.54, 1.807) is 31.4 Å². The van der Waals surface area contributed by atoms with Gasteiger partial charge in [-0.3, -0.25) is 4.79 Å². The highest BCUT2D eigenvalue weighted by Crippen LogP contribution is 2.72. The van der Waals surface area contributed by atoms with E-state index in [2.05, 4.69) is 26.0 Å². The second-order valence-electron chi connectivity index (χ2n) is 16.3. The van der Waals surface area contributed by atoms with E-state index < -0.39 is 57.2 Å². The van der Waals surface area contributed by atoms with Crippen molar-refractivity contribution in [3.05, 3.63) is 137 Å². The molecule has 0 N–H and O–H groups in total. The van der Waals surface area contributed by atoms with E-state index in [-0.39, 0.29) is 28.2 Å². The van der Waals surface area contributed by atoms with Gasteiger partial charge >= 0.3 is 16.9 Å². The van der Waals surface area contributed by atoms with Gasteiger partial charge in [-0.2, -0.15) is 0 Å². The zero-order chi connectivity index (χ0) is 42.1. The van der Waals surface area contributed by atoms with Crippen LogP contribution in [0, 0.1) is 17.3 Å². The lowest BCUT2D eigenvalue weighted by Crippen LogP contribution is -2.58. The lowest BCUT2D eigenvalue weighted by molar-refractivity contribution is -0.0270. The summed E-state index contributed by atoms with van der Waals surface area (Å²) in [5.41, 5.74) is -0.140. The van der Waals surface area contributed by atoms with Crippen LogP contribution in [0.2, 0.25) is 0 Å². The smallest absolute Gasteiger partial charge is 0.336 e. The van der Waals surface area contributed by atoms with Crippen molar-refractivity contribution in [2.45, 2.75) is 57.8 Å².